The fourth-order valence-electron chi connectivity index (χ4n) is 8.73. The molecule has 7 rings (SSSR count). The molecule has 1 saturated heterocycles. The lowest BCUT2D eigenvalue weighted by atomic mass is 9.39. The predicted octanol–water partition coefficient (Wildman–Crippen LogP) is 5.58. The lowest BCUT2D eigenvalue weighted by molar-refractivity contribution is -0.171. The van der Waals surface area contributed by atoms with E-state index in [0.717, 1.165) is 45.2 Å². The molecule has 0 aromatic heterocycles. The predicted molar refractivity (Wildman–Crippen MR) is 137 cm³/mol. The number of amides is 1. The van der Waals surface area contributed by atoms with Gasteiger partial charge in [-0.2, -0.15) is 0 Å². The number of carbonyl (C=O) groups is 1. The quantitative estimate of drug-likeness (QED) is 0.653. The maximum absolute atomic E-state index is 14.4. The van der Waals surface area contributed by atoms with Gasteiger partial charge in [0.1, 0.15) is 0 Å². The minimum Gasteiger partial charge on any atom is -0.342 e. The molecule has 4 bridgehead atoms. The zero-order valence-electron chi connectivity index (χ0n) is 20.9. The van der Waals surface area contributed by atoms with Crippen molar-refractivity contribution in [2.24, 2.45) is 34.3 Å². The fraction of sp³-hybridized carbons (Fsp3) is 0.581. The summed E-state index contributed by atoms with van der Waals surface area (Å²) in [6.07, 6.45) is 7.78. The van der Waals surface area contributed by atoms with Crippen molar-refractivity contribution in [3.63, 3.8) is 0 Å². The van der Waals surface area contributed by atoms with Crippen LogP contribution in [0.15, 0.2) is 60.7 Å². The molecule has 4 unspecified atom stereocenters. The molecular formula is C31H40N2O. The number of nitrogens with two attached hydrogens (primary N) is 1. The molecule has 3 heteroatoms. The SMILES string of the molecule is CC1(C)CN(C(=O)C23CC4CC(c5ccccc5)(C[C@@H](C2)C4Cc2ccccc2)C3)CC[C@@H]1N. The average molecular weight is 457 g/mol. The maximum atomic E-state index is 14.4. The van der Waals surface area contributed by atoms with Gasteiger partial charge in [0, 0.05) is 19.1 Å². The highest BCUT2D eigenvalue weighted by atomic mass is 16.2. The van der Waals surface area contributed by atoms with Crippen LogP contribution in [0, 0.1) is 28.6 Å². The first kappa shape index (κ1) is 22.3. The summed E-state index contributed by atoms with van der Waals surface area (Å²) >= 11 is 0. The standard InChI is InChI=1S/C31H40N2O/c1-29(2)21-33(14-13-27(29)32)28(34)31-18-23-16-30(20-31,25-11-7-4-8-12-25)17-24(19-31)26(23)15-22-9-5-3-6-10-22/h3-12,23-24,26-27H,13-21,32H2,1-2H3/t23-,24?,26?,27-,30?,31?/m0/s1. The normalized spacial score (nSPS) is 38.1. The van der Waals surface area contributed by atoms with Gasteiger partial charge in [-0.1, -0.05) is 74.5 Å². The van der Waals surface area contributed by atoms with Crippen LogP contribution in [0.4, 0.5) is 0 Å². The van der Waals surface area contributed by atoms with Crippen LogP contribution in [0.3, 0.4) is 0 Å². The van der Waals surface area contributed by atoms with Gasteiger partial charge in [-0.15, -0.1) is 0 Å². The van der Waals surface area contributed by atoms with Gasteiger partial charge in [0.05, 0.1) is 5.41 Å². The highest BCUT2D eigenvalue weighted by Crippen LogP contribution is 2.68. The molecule has 2 N–H and O–H groups in total. The van der Waals surface area contributed by atoms with Crippen LogP contribution in [-0.4, -0.2) is 29.9 Å². The largest absolute Gasteiger partial charge is 0.342 e. The van der Waals surface area contributed by atoms with Gasteiger partial charge in [-0.25, -0.2) is 0 Å². The Bertz CT molecular complexity index is 1030. The number of piperidine rings is 1. The van der Waals surface area contributed by atoms with E-state index < -0.39 is 0 Å². The molecule has 4 aliphatic carbocycles. The first-order valence-electron chi connectivity index (χ1n) is 13.4. The molecule has 1 heterocycles. The third kappa shape index (κ3) is 3.54. The van der Waals surface area contributed by atoms with Crippen molar-refractivity contribution >= 4 is 5.91 Å². The van der Waals surface area contributed by atoms with E-state index in [0.29, 0.717) is 23.7 Å². The van der Waals surface area contributed by atoms with E-state index in [-0.39, 0.29) is 22.3 Å². The van der Waals surface area contributed by atoms with Gasteiger partial charge in [0.25, 0.3) is 0 Å². The Balaban J connectivity index is 1.34. The highest BCUT2D eigenvalue weighted by Gasteiger charge is 2.64. The lowest BCUT2D eigenvalue weighted by Crippen LogP contribution is -2.64. The second kappa shape index (κ2) is 7.95. The molecular weight excluding hydrogens is 416 g/mol. The summed E-state index contributed by atoms with van der Waals surface area (Å²) in [7, 11) is 0. The van der Waals surface area contributed by atoms with Crippen molar-refractivity contribution in [3.05, 3.63) is 71.8 Å². The van der Waals surface area contributed by atoms with Crippen LogP contribution < -0.4 is 5.73 Å². The summed E-state index contributed by atoms with van der Waals surface area (Å²) in [6.45, 7) is 6.10. The van der Waals surface area contributed by atoms with E-state index in [4.69, 9.17) is 5.73 Å². The van der Waals surface area contributed by atoms with E-state index in [9.17, 15) is 4.79 Å². The Hall–Kier alpha value is -2.13. The Morgan fingerprint density at radius 1 is 0.941 bits per heavy atom. The van der Waals surface area contributed by atoms with E-state index >= 15 is 0 Å². The summed E-state index contributed by atoms with van der Waals surface area (Å²) in [4.78, 5) is 16.6. The Labute approximate surface area is 205 Å². The lowest BCUT2D eigenvalue weighted by Gasteiger charge is -2.65. The molecule has 2 aromatic carbocycles. The third-order valence-corrected chi connectivity index (χ3v) is 10.3. The van der Waals surface area contributed by atoms with Gasteiger partial charge in [-0.05, 0) is 84.7 Å². The highest BCUT2D eigenvalue weighted by molar-refractivity contribution is 5.84. The third-order valence-electron chi connectivity index (χ3n) is 10.3. The van der Waals surface area contributed by atoms with E-state index in [1.165, 1.54) is 24.0 Å². The molecule has 3 nitrogen and oxygen atoms in total. The molecule has 4 saturated carbocycles. The topological polar surface area (TPSA) is 46.3 Å². The van der Waals surface area contributed by atoms with Crippen LogP contribution in [-0.2, 0) is 16.6 Å². The average Bonchev–Trinajstić information content (AvgIpc) is 2.83. The summed E-state index contributed by atoms with van der Waals surface area (Å²) in [6, 6.07) is 22.4. The van der Waals surface area contributed by atoms with Gasteiger partial charge < -0.3 is 10.6 Å². The van der Waals surface area contributed by atoms with Crippen LogP contribution in [0.2, 0.25) is 0 Å². The van der Waals surface area contributed by atoms with Crippen molar-refractivity contribution in [3.8, 4) is 0 Å². The van der Waals surface area contributed by atoms with E-state index in [1.807, 2.05) is 0 Å². The second-order valence-corrected chi connectivity index (χ2v) is 12.9. The van der Waals surface area contributed by atoms with Crippen LogP contribution in [0.25, 0.3) is 0 Å². The number of benzene rings is 2. The summed E-state index contributed by atoms with van der Waals surface area (Å²) < 4.78 is 0. The van der Waals surface area contributed by atoms with Gasteiger partial charge in [0.15, 0.2) is 0 Å². The monoisotopic (exact) mass is 456 g/mol. The molecule has 5 fully saturated rings. The van der Waals surface area contributed by atoms with Crippen molar-refractivity contribution in [1.82, 2.24) is 4.90 Å². The molecule has 6 atom stereocenters. The van der Waals surface area contributed by atoms with Gasteiger partial charge in [0.2, 0.25) is 5.91 Å². The molecule has 1 amide bonds. The van der Waals surface area contributed by atoms with Gasteiger partial charge in [-0.3, -0.25) is 4.79 Å². The number of likely N-dealkylation sites (tertiary alicyclic amines) is 1. The van der Waals surface area contributed by atoms with Crippen LogP contribution in [0.5, 0.6) is 0 Å². The Morgan fingerprint density at radius 2 is 1.56 bits per heavy atom. The molecule has 5 aliphatic rings. The minimum atomic E-state index is -0.188. The number of rotatable bonds is 4. The molecule has 2 aromatic rings. The van der Waals surface area contributed by atoms with Crippen molar-refractivity contribution < 1.29 is 4.79 Å². The zero-order valence-corrected chi connectivity index (χ0v) is 20.9. The van der Waals surface area contributed by atoms with Crippen molar-refractivity contribution in [2.45, 2.75) is 70.3 Å². The Kier molecular flexibility index (Phi) is 5.22. The fourth-order valence-corrected chi connectivity index (χ4v) is 8.73. The molecule has 0 radical (unpaired) electrons. The first-order chi connectivity index (χ1) is 16.3. The summed E-state index contributed by atoms with van der Waals surface area (Å²) in [5, 5.41) is 0. The van der Waals surface area contributed by atoms with Crippen molar-refractivity contribution in [2.75, 3.05) is 13.1 Å². The minimum absolute atomic E-state index is 0.0107. The summed E-state index contributed by atoms with van der Waals surface area (Å²) in [5.41, 5.74) is 9.33. The number of nitrogens with zero attached hydrogens (tertiary/aromatic N) is 1. The van der Waals surface area contributed by atoms with Crippen LogP contribution in [0.1, 0.15) is 63.5 Å². The molecule has 0 spiro atoms. The summed E-state index contributed by atoms with van der Waals surface area (Å²) in [5.74, 6) is 2.41. The number of carbonyl (C=O) groups excluding carboxylic acids is 1. The van der Waals surface area contributed by atoms with Gasteiger partial charge >= 0.3 is 0 Å². The van der Waals surface area contributed by atoms with Crippen molar-refractivity contribution in [1.29, 1.82) is 0 Å². The number of hydrogen-bond donors (Lipinski definition) is 1. The van der Waals surface area contributed by atoms with E-state index in [2.05, 4.69) is 79.4 Å². The maximum Gasteiger partial charge on any atom is 0.228 e. The number of hydrogen-bond acceptors (Lipinski definition) is 2. The van der Waals surface area contributed by atoms with E-state index in [1.54, 1.807) is 0 Å². The smallest absolute Gasteiger partial charge is 0.228 e. The molecule has 1 aliphatic heterocycles. The molecule has 180 valence electrons. The zero-order chi connectivity index (χ0) is 23.6. The van der Waals surface area contributed by atoms with Crippen LogP contribution >= 0.6 is 0 Å². The first-order valence-corrected chi connectivity index (χ1v) is 13.4. The Morgan fingerprint density at radius 3 is 2.18 bits per heavy atom. The second-order valence-electron chi connectivity index (χ2n) is 12.9. The molecule has 34 heavy (non-hydrogen) atoms.